The lowest BCUT2D eigenvalue weighted by molar-refractivity contribution is 0.632. The van der Waals surface area contributed by atoms with Crippen molar-refractivity contribution in [3.05, 3.63) is 45.2 Å². The van der Waals surface area contributed by atoms with Crippen molar-refractivity contribution in [3.63, 3.8) is 0 Å². The second kappa shape index (κ2) is 5.49. The molecule has 2 aromatic rings. The zero-order chi connectivity index (χ0) is 12.3. The maximum atomic E-state index is 5.98. The first-order chi connectivity index (χ1) is 8.22. The summed E-state index contributed by atoms with van der Waals surface area (Å²) in [5.41, 5.74) is 8.04. The highest BCUT2D eigenvalue weighted by Gasteiger charge is 2.17. The Morgan fingerprint density at radius 3 is 3.06 bits per heavy atom. The largest absolute Gasteiger partial charge is 0.383 e. The van der Waals surface area contributed by atoms with Gasteiger partial charge in [0.15, 0.2) is 0 Å². The smallest absolute Gasteiger partial charge is 0.128 e. The van der Waals surface area contributed by atoms with Gasteiger partial charge >= 0.3 is 0 Å². The van der Waals surface area contributed by atoms with Gasteiger partial charge in [0.25, 0.3) is 0 Å². The molecule has 2 heterocycles. The van der Waals surface area contributed by atoms with E-state index in [9.17, 15) is 0 Å². The van der Waals surface area contributed by atoms with Crippen LogP contribution in [0.4, 0.5) is 5.82 Å². The summed E-state index contributed by atoms with van der Waals surface area (Å²) >= 11 is 7.64. The van der Waals surface area contributed by atoms with Crippen molar-refractivity contribution >= 4 is 28.8 Å². The van der Waals surface area contributed by atoms with Gasteiger partial charge in [-0.15, -0.1) is 0 Å². The molecule has 5 heteroatoms. The molecule has 0 amide bonds. The van der Waals surface area contributed by atoms with Crippen molar-refractivity contribution in [2.45, 2.75) is 13.0 Å². The summed E-state index contributed by atoms with van der Waals surface area (Å²) in [5.74, 6) is 0.520. The minimum atomic E-state index is 0.0532. The topological polar surface area (TPSA) is 50.9 Å². The summed E-state index contributed by atoms with van der Waals surface area (Å²) in [7, 11) is 0. The Morgan fingerprint density at radius 2 is 2.41 bits per heavy atom. The van der Waals surface area contributed by atoms with E-state index in [1.807, 2.05) is 11.4 Å². The van der Waals surface area contributed by atoms with Gasteiger partial charge in [-0.1, -0.05) is 18.5 Å². The minimum absolute atomic E-state index is 0.0532. The summed E-state index contributed by atoms with van der Waals surface area (Å²) in [4.78, 5) is 4.10. The molecule has 0 spiro atoms. The lowest BCUT2D eigenvalue weighted by Gasteiger charge is -2.18. The van der Waals surface area contributed by atoms with Gasteiger partial charge < -0.3 is 11.1 Å². The number of anilines is 1. The number of hydrogen-bond donors (Lipinski definition) is 2. The third-order valence-electron chi connectivity index (χ3n) is 2.51. The number of nitrogen functional groups attached to an aromatic ring is 1. The summed E-state index contributed by atoms with van der Waals surface area (Å²) in [5, 5.41) is 8.16. The van der Waals surface area contributed by atoms with Crippen LogP contribution in [0.5, 0.6) is 0 Å². The van der Waals surface area contributed by atoms with Gasteiger partial charge in [-0.2, -0.15) is 11.3 Å². The molecule has 0 aromatic carbocycles. The van der Waals surface area contributed by atoms with Crippen LogP contribution in [0.2, 0.25) is 5.02 Å². The summed E-state index contributed by atoms with van der Waals surface area (Å²) < 4.78 is 0. The van der Waals surface area contributed by atoms with Crippen LogP contribution < -0.4 is 11.1 Å². The van der Waals surface area contributed by atoms with Gasteiger partial charge in [-0.3, -0.25) is 0 Å². The van der Waals surface area contributed by atoms with Crippen LogP contribution in [0, 0.1) is 0 Å². The molecule has 0 bridgehead atoms. The number of aromatic nitrogens is 1. The Morgan fingerprint density at radius 1 is 1.59 bits per heavy atom. The molecule has 90 valence electrons. The second-order valence-corrected chi connectivity index (χ2v) is 4.89. The van der Waals surface area contributed by atoms with Crippen molar-refractivity contribution in [2.75, 3.05) is 12.3 Å². The van der Waals surface area contributed by atoms with Gasteiger partial charge in [-0.25, -0.2) is 4.98 Å². The van der Waals surface area contributed by atoms with E-state index in [-0.39, 0.29) is 6.04 Å². The molecule has 0 saturated carbocycles. The van der Waals surface area contributed by atoms with Crippen LogP contribution >= 0.6 is 22.9 Å². The molecular weight excluding hydrogens is 254 g/mol. The van der Waals surface area contributed by atoms with Crippen molar-refractivity contribution in [1.82, 2.24) is 10.3 Å². The molecule has 0 saturated heterocycles. The van der Waals surface area contributed by atoms with E-state index >= 15 is 0 Å². The van der Waals surface area contributed by atoms with Crippen LogP contribution in [0.3, 0.4) is 0 Å². The molecule has 0 fully saturated rings. The van der Waals surface area contributed by atoms with E-state index < -0.39 is 0 Å². The van der Waals surface area contributed by atoms with Crippen LogP contribution in [0.1, 0.15) is 24.1 Å². The van der Waals surface area contributed by atoms with Gasteiger partial charge in [0.1, 0.15) is 5.82 Å². The Hall–Kier alpha value is -1.10. The summed E-state index contributed by atoms with van der Waals surface area (Å²) in [6.07, 6.45) is 1.57. The van der Waals surface area contributed by atoms with Crippen molar-refractivity contribution in [2.24, 2.45) is 0 Å². The molecule has 1 atom stereocenters. The Balaban J connectivity index is 2.42. The van der Waals surface area contributed by atoms with E-state index in [2.05, 4.69) is 28.7 Å². The first kappa shape index (κ1) is 12.4. The highest BCUT2D eigenvalue weighted by Crippen LogP contribution is 2.28. The number of rotatable bonds is 4. The van der Waals surface area contributed by atoms with E-state index in [0.717, 1.165) is 12.1 Å². The van der Waals surface area contributed by atoms with Crippen LogP contribution in [-0.4, -0.2) is 11.5 Å². The fraction of sp³-hybridized carbons (Fsp3) is 0.250. The van der Waals surface area contributed by atoms with Gasteiger partial charge in [-0.05, 0) is 35.0 Å². The monoisotopic (exact) mass is 267 g/mol. The molecule has 0 radical (unpaired) electrons. The molecule has 2 aromatic heterocycles. The molecule has 2 rings (SSSR count). The third kappa shape index (κ3) is 2.77. The quantitative estimate of drug-likeness (QED) is 0.895. The predicted octanol–water partition coefficient (Wildman–Crippen LogP) is 3.08. The highest BCUT2D eigenvalue weighted by atomic mass is 35.5. The zero-order valence-electron chi connectivity index (χ0n) is 9.48. The lowest BCUT2D eigenvalue weighted by Crippen LogP contribution is -2.22. The third-order valence-corrected chi connectivity index (χ3v) is 3.42. The number of thiophene rings is 1. The highest BCUT2D eigenvalue weighted by molar-refractivity contribution is 7.08. The van der Waals surface area contributed by atoms with E-state index in [0.29, 0.717) is 10.8 Å². The van der Waals surface area contributed by atoms with Crippen LogP contribution in [0.15, 0.2) is 29.1 Å². The lowest BCUT2D eigenvalue weighted by atomic mass is 10.0. The number of nitrogens with one attached hydrogen (secondary N) is 1. The molecule has 17 heavy (non-hydrogen) atoms. The van der Waals surface area contributed by atoms with Crippen LogP contribution in [-0.2, 0) is 0 Å². The number of nitrogens with zero attached hydrogens (tertiary/aromatic N) is 1. The number of hydrogen-bond acceptors (Lipinski definition) is 4. The second-order valence-electron chi connectivity index (χ2n) is 3.68. The number of halogens is 1. The number of pyridine rings is 1. The molecule has 0 aliphatic heterocycles. The van der Waals surface area contributed by atoms with Crippen molar-refractivity contribution in [3.8, 4) is 0 Å². The van der Waals surface area contributed by atoms with Gasteiger partial charge in [0.2, 0.25) is 0 Å². The molecule has 0 aliphatic carbocycles. The SMILES string of the molecule is CCNC(c1ccsc1)c1cc(Cl)cnc1N. The van der Waals surface area contributed by atoms with E-state index in [1.165, 1.54) is 5.56 Å². The average molecular weight is 268 g/mol. The maximum absolute atomic E-state index is 5.98. The zero-order valence-corrected chi connectivity index (χ0v) is 11.1. The summed E-state index contributed by atoms with van der Waals surface area (Å²) in [6, 6.07) is 4.00. The standard InChI is InChI=1S/C12H14ClN3S/c1-2-15-11(8-3-4-17-7-8)10-5-9(13)6-16-12(10)14/h3-7,11,15H,2H2,1H3,(H2,14,16). The normalized spacial score (nSPS) is 12.6. The van der Waals surface area contributed by atoms with Crippen molar-refractivity contribution in [1.29, 1.82) is 0 Å². The first-order valence-corrected chi connectivity index (χ1v) is 6.71. The molecule has 1 unspecified atom stereocenters. The van der Waals surface area contributed by atoms with Gasteiger partial charge in [0.05, 0.1) is 11.1 Å². The molecule has 3 nitrogen and oxygen atoms in total. The Kier molecular flexibility index (Phi) is 3.99. The average Bonchev–Trinajstić information content (AvgIpc) is 2.83. The van der Waals surface area contributed by atoms with E-state index in [1.54, 1.807) is 17.5 Å². The molecule has 0 aliphatic rings. The Labute approximate surface area is 110 Å². The fourth-order valence-electron chi connectivity index (χ4n) is 1.75. The number of nitrogens with two attached hydrogens (primary N) is 1. The minimum Gasteiger partial charge on any atom is -0.383 e. The molecular formula is C12H14ClN3S. The molecule has 3 N–H and O–H groups in total. The fourth-order valence-corrected chi connectivity index (χ4v) is 2.60. The maximum Gasteiger partial charge on any atom is 0.128 e. The van der Waals surface area contributed by atoms with Crippen LogP contribution in [0.25, 0.3) is 0 Å². The van der Waals surface area contributed by atoms with E-state index in [4.69, 9.17) is 17.3 Å². The summed E-state index contributed by atoms with van der Waals surface area (Å²) in [6.45, 7) is 2.92. The predicted molar refractivity (Wildman–Crippen MR) is 73.5 cm³/mol. The van der Waals surface area contributed by atoms with Gasteiger partial charge in [0, 0.05) is 11.8 Å². The Bertz CT molecular complexity index is 485. The van der Waals surface area contributed by atoms with Crippen molar-refractivity contribution < 1.29 is 0 Å². The first-order valence-electron chi connectivity index (χ1n) is 5.38.